The highest BCUT2D eigenvalue weighted by Crippen LogP contribution is 2.33. The average molecular weight is 291 g/mol. The fourth-order valence-electron chi connectivity index (χ4n) is 3.06. The van der Waals surface area contributed by atoms with Gasteiger partial charge in [-0.15, -0.1) is 0 Å². The lowest BCUT2D eigenvalue weighted by Crippen LogP contribution is -2.40. The Bertz CT molecular complexity index is 495. The van der Waals surface area contributed by atoms with E-state index in [9.17, 15) is 15.0 Å². The predicted octanol–water partition coefficient (Wildman–Crippen LogP) is 3.00. The first kappa shape index (κ1) is 15.8. The summed E-state index contributed by atoms with van der Waals surface area (Å²) >= 11 is 0. The molecule has 0 spiro atoms. The molecule has 0 aliphatic heterocycles. The molecule has 1 aromatic rings. The average Bonchev–Trinajstić information content (AvgIpc) is 2.46. The van der Waals surface area contributed by atoms with Crippen LogP contribution in [0, 0.1) is 0 Å². The van der Waals surface area contributed by atoms with Gasteiger partial charge in [-0.1, -0.05) is 37.5 Å². The first-order chi connectivity index (χ1) is 9.93. The number of nitrogens with zero attached hydrogens (tertiary/aromatic N) is 1. The van der Waals surface area contributed by atoms with Gasteiger partial charge < -0.3 is 15.1 Å². The van der Waals surface area contributed by atoms with Gasteiger partial charge in [-0.05, 0) is 25.8 Å². The Balaban J connectivity index is 2.03. The van der Waals surface area contributed by atoms with Crippen molar-refractivity contribution < 1.29 is 15.0 Å². The SMILES string of the molecule is CC(c1ccccc1O)N(C)C(=O)CC1(O)CCCCC1. The third kappa shape index (κ3) is 3.76. The normalized spacial score (nSPS) is 19.0. The molecule has 1 atom stereocenters. The van der Waals surface area contributed by atoms with Crippen LogP contribution in [0.1, 0.15) is 57.1 Å². The zero-order chi connectivity index (χ0) is 15.5. The second-order valence-corrected chi connectivity index (χ2v) is 6.20. The van der Waals surface area contributed by atoms with Crippen molar-refractivity contribution in [2.45, 2.75) is 57.1 Å². The number of benzene rings is 1. The Morgan fingerprint density at radius 3 is 2.52 bits per heavy atom. The van der Waals surface area contributed by atoms with E-state index in [1.807, 2.05) is 19.1 Å². The number of phenolic OH excluding ortho intramolecular Hbond substituents is 1. The molecule has 1 unspecified atom stereocenters. The van der Waals surface area contributed by atoms with E-state index in [0.29, 0.717) is 12.8 Å². The maximum absolute atomic E-state index is 12.4. The zero-order valence-corrected chi connectivity index (χ0v) is 12.9. The minimum Gasteiger partial charge on any atom is -0.508 e. The number of hydrogen-bond donors (Lipinski definition) is 2. The maximum Gasteiger partial charge on any atom is 0.225 e. The molecule has 4 heteroatoms. The molecule has 1 fully saturated rings. The molecule has 0 saturated heterocycles. The van der Waals surface area contributed by atoms with E-state index in [4.69, 9.17) is 0 Å². The molecule has 1 aliphatic rings. The molecule has 0 radical (unpaired) electrons. The number of carbonyl (C=O) groups excluding carboxylic acids is 1. The Hall–Kier alpha value is -1.55. The van der Waals surface area contributed by atoms with Crippen molar-refractivity contribution in [1.82, 2.24) is 4.90 Å². The molecular weight excluding hydrogens is 266 g/mol. The van der Waals surface area contributed by atoms with Gasteiger partial charge in [-0.25, -0.2) is 0 Å². The van der Waals surface area contributed by atoms with E-state index in [1.54, 1.807) is 24.1 Å². The maximum atomic E-state index is 12.4. The van der Waals surface area contributed by atoms with E-state index in [2.05, 4.69) is 0 Å². The van der Waals surface area contributed by atoms with Crippen molar-refractivity contribution in [2.75, 3.05) is 7.05 Å². The zero-order valence-electron chi connectivity index (χ0n) is 12.9. The molecule has 0 bridgehead atoms. The summed E-state index contributed by atoms with van der Waals surface area (Å²) < 4.78 is 0. The molecular formula is C17H25NO3. The Morgan fingerprint density at radius 2 is 1.90 bits per heavy atom. The third-order valence-electron chi connectivity index (χ3n) is 4.63. The number of phenols is 1. The smallest absolute Gasteiger partial charge is 0.225 e. The van der Waals surface area contributed by atoms with Crippen molar-refractivity contribution in [2.24, 2.45) is 0 Å². The molecule has 1 amide bonds. The summed E-state index contributed by atoms with van der Waals surface area (Å²) in [5.74, 6) is 0.121. The minimum atomic E-state index is -0.845. The summed E-state index contributed by atoms with van der Waals surface area (Å²) in [6.07, 6.45) is 4.70. The van der Waals surface area contributed by atoms with E-state index >= 15 is 0 Å². The van der Waals surface area contributed by atoms with Gasteiger partial charge in [-0.2, -0.15) is 0 Å². The Kier molecular flexibility index (Phi) is 4.88. The number of aromatic hydroxyl groups is 1. The van der Waals surface area contributed by atoms with Gasteiger partial charge in [0.05, 0.1) is 18.1 Å². The molecule has 2 rings (SSSR count). The molecule has 0 heterocycles. The fraction of sp³-hybridized carbons (Fsp3) is 0.588. The lowest BCUT2D eigenvalue weighted by molar-refractivity contribution is -0.138. The van der Waals surface area contributed by atoms with Crippen molar-refractivity contribution in [3.63, 3.8) is 0 Å². The number of amides is 1. The van der Waals surface area contributed by atoms with Crippen LogP contribution in [0.4, 0.5) is 0 Å². The van der Waals surface area contributed by atoms with Crippen molar-refractivity contribution >= 4 is 5.91 Å². The van der Waals surface area contributed by atoms with Crippen LogP contribution < -0.4 is 0 Å². The van der Waals surface area contributed by atoms with Crippen LogP contribution in [0.2, 0.25) is 0 Å². The summed E-state index contributed by atoms with van der Waals surface area (Å²) in [5.41, 5.74) is -0.119. The van der Waals surface area contributed by atoms with Crippen LogP contribution >= 0.6 is 0 Å². The van der Waals surface area contributed by atoms with Crippen LogP contribution in [-0.2, 0) is 4.79 Å². The standard InChI is InChI=1S/C17H25NO3/c1-13(14-8-4-5-9-15(14)19)18(2)16(20)12-17(21)10-6-3-7-11-17/h4-5,8-9,13,19,21H,3,6-7,10-12H2,1-2H3. The van der Waals surface area contributed by atoms with Gasteiger partial charge in [0.25, 0.3) is 0 Å². The first-order valence-corrected chi connectivity index (χ1v) is 7.69. The molecule has 21 heavy (non-hydrogen) atoms. The Morgan fingerprint density at radius 1 is 1.29 bits per heavy atom. The third-order valence-corrected chi connectivity index (χ3v) is 4.63. The van der Waals surface area contributed by atoms with Crippen LogP contribution in [0.25, 0.3) is 0 Å². The van der Waals surface area contributed by atoms with Gasteiger partial charge in [0.1, 0.15) is 5.75 Å². The molecule has 116 valence electrons. The lowest BCUT2D eigenvalue weighted by atomic mass is 9.82. The van der Waals surface area contributed by atoms with Crippen LogP contribution in [0.15, 0.2) is 24.3 Å². The van der Waals surface area contributed by atoms with Crippen LogP contribution in [0.5, 0.6) is 5.75 Å². The summed E-state index contributed by atoms with van der Waals surface area (Å²) in [6, 6.07) is 6.83. The van der Waals surface area contributed by atoms with Crippen LogP contribution in [-0.4, -0.2) is 33.7 Å². The summed E-state index contributed by atoms with van der Waals surface area (Å²) in [6.45, 7) is 1.89. The number of aliphatic hydroxyl groups is 1. The van der Waals surface area contributed by atoms with Crippen molar-refractivity contribution in [3.05, 3.63) is 29.8 Å². The summed E-state index contributed by atoms with van der Waals surface area (Å²) in [4.78, 5) is 14.0. The van der Waals surface area contributed by atoms with E-state index in [-0.39, 0.29) is 24.1 Å². The van der Waals surface area contributed by atoms with Gasteiger partial charge in [0.2, 0.25) is 5.91 Å². The van der Waals surface area contributed by atoms with Crippen LogP contribution in [0.3, 0.4) is 0 Å². The largest absolute Gasteiger partial charge is 0.508 e. The topological polar surface area (TPSA) is 60.8 Å². The van der Waals surface area contributed by atoms with E-state index in [0.717, 1.165) is 24.8 Å². The molecule has 2 N–H and O–H groups in total. The van der Waals surface area contributed by atoms with E-state index in [1.165, 1.54) is 0 Å². The highest BCUT2D eigenvalue weighted by Gasteiger charge is 2.33. The highest BCUT2D eigenvalue weighted by atomic mass is 16.3. The van der Waals surface area contributed by atoms with Gasteiger partial charge >= 0.3 is 0 Å². The van der Waals surface area contributed by atoms with Gasteiger partial charge in [0, 0.05) is 12.6 Å². The molecule has 1 saturated carbocycles. The van der Waals surface area contributed by atoms with Gasteiger partial charge in [0.15, 0.2) is 0 Å². The van der Waals surface area contributed by atoms with E-state index < -0.39 is 5.60 Å². The van der Waals surface area contributed by atoms with Crippen molar-refractivity contribution in [1.29, 1.82) is 0 Å². The second kappa shape index (κ2) is 6.48. The second-order valence-electron chi connectivity index (χ2n) is 6.20. The number of hydrogen-bond acceptors (Lipinski definition) is 3. The molecule has 4 nitrogen and oxygen atoms in total. The van der Waals surface area contributed by atoms with Crippen molar-refractivity contribution in [3.8, 4) is 5.75 Å². The quantitative estimate of drug-likeness (QED) is 0.896. The number of rotatable bonds is 4. The minimum absolute atomic E-state index is 0.0739. The summed E-state index contributed by atoms with van der Waals surface area (Å²) in [7, 11) is 1.73. The first-order valence-electron chi connectivity index (χ1n) is 7.69. The highest BCUT2D eigenvalue weighted by molar-refractivity contribution is 5.77. The monoisotopic (exact) mass is 291 g/mol. The fourth-order valence-corrected chi connectivity index (χ4v) is 3.06. The Labute approximate surface area is 126 Å². The molecule has 1 aliphatic carbocycles. The molecule has 1 aromatic carbocycles. The predicted molar refractivity (Wildman–Crippen MR) is 81.9 cm³/mol. The number of carbonyl (C=O) groups is 1. The lowest BCUT2D eigenvalue weighted by Gasteiger charge is -2.34. The number of para-hydroxylation sites is 1. The summed E-state index contributed by atoms with van der Waals surface area (Å²) in [5, 5.41) is 20.4. The molecule has 0 aromatic heterocycles. The van der Waals surface area contributed by atoms with Gasteiger partial charge in [-0.3, -0.25) is 4.79 Å².